The summed E-state index contributed by atoms with van der Waals surface area (Å²) < 4.78 is 24.2. The van der Waals surface area contributed by atoms with Crippen LogP contribution in [0.15, 0.2) is 59.3 Å². The van der Waals surface area contributed by atoms with Gasteiger partial charge in [-0.2, -0.15) is 0 Å². The Balaban J connectivity index is 1.50. The normalized spacial score (nSPS) is 13.0. The van der Waals surface area contributed by atoms with E-state index in [9.17, 15) is 9.18 Å². The summed E-state index contributed by atoms with van der Waals surface area (Å²) in [6.45, 7) is 2.96. The van der Waals surface area contributed by atoms with Crippen LogP contribution in [0.4, 0.5) is 10.2 Å². The van der Waals surface area contributed by atoms with Gasteiger partial charge in [-0.1, -0.05) is 16.8 Å². The fourth-order valence-corrected chi connectivity index (χ4v) is 4.07. The molecule has 2 aromatic carbocycles. The summed E-state index contributed by atoms with van der Waals surface area (Å²) in [6, 6.07) is 13.3. The number of hydrogen-bond acceptors (Lipinski definition) is 7. The zero-order valence-corrected chi connectivity index (χ0v) is 19.1. The van der Waals surface area contributed by atoms with Gasteiger partial charge in [-0.05, 0) is 61.9 Å². The van der Waals surface area contributed by atoms with E-state index < -0.39 is 5.97 Å². The van der Waals surface area contributed by atoms with Crippen molar-refractivity contribution in [3.63, 3.8) is 0 Å². The lowest BCUT2D eigenvalue weighted by atomic mass is 10.0. The highest BCUT2D eigenvalue weighted by molar-refractivity contribution is 6.30. The quantitative estimate of drug-likeness (QED) is 0.358. The topological polar surface area (TPSA) is 81.4 Å². The Morgan fingerprint density at radius 3 is 2.62 bits per heavy atom. The predicted octanol–water partition coefficient (Wildman–Crippen LogP) is 5.33. The summed E-state index contributed by atoms with van der Waals surface area (Å²) in [7, 11) is 0. The van der Waals surface area contributed by atoms with E-state index in [-0.39, 0.29) is 18.0 Å². The Labute approximate surface area is 200 Å². The van der Waals surface area contributed by atoms with Crippen LogP contribution in [-0.2, 0) is 17.7 Å². The first-order chi connectivity index (χ1) is 16.5. The van der Waals surface area contributed by atoms with Crippen molar-refractivity contribution < 1.29 is 18.4 Å². The molecule has 2 aromatic heterocycles. The highest BCUT2D eigenvalue weighted by Crippen LogP contribution is 2.33. The van der Waals surface area contributed by atoms with Gasteiger partial charge in [0.1, 0.15) is 22.9 Å². The number of carbonyl (C=O) groups is 1. The second kappa shape index (κ2) is 9.23. The Morgan fingerprint density at radius 1 is 1.15 bits per heavy atom. The van der Waals surface area contributed by atoms with Crippen LogP contribution in [0.3, 0.4) is 0 Å². The number of carbonyl (C=O) groups excluding carboxylic acids is 1. The fraction of sp³-hybridized carbons (Fsp3) is 0.200. The second-order valence-electron chi connectivity index (χ2n) is 7.77. The molecule has 4 aromatic rings. The Kier molecular flexibility index (Phi) is 5.98. The van der Waals surface area contributed by atoms with Gasteiger partial charge >= 0.3 is 5.97 Å². The van der Waals surface area contributed by atoms with E-state index in [2.05, 4.69) is 10.1 Å². The fourth-order valence-electron chi connectivity index (χ4n) is 3.94. The SMILES string of the molecule is CCOC(=O)c1cnc(-c2ccc(Cl)cc2)nc1N1CCc2c(noc2-c2ccc(F)cc2)C1. The van der Waals surface area contributed by atoms with Crippen molar-refractivity contribution in [2.45, 2.75) is 19.9 Å². The van der Waals surface area contributed by atoms with Gasteiger partial charge in [0.15, 0.2) is 11.6 Å². The molecule has 0 fully saturated rings. The molecule has 1 aliphatic rings. The smallest absolute Gasteiger partial charge is 0.343 e. The first kappa shape index (κ1) is 22.0. The second-order valence-corrected chi connectivity index (χ2v) is 8.21. The number of esters is 1. The lowest BCUT2D eigenvalue weighted by molar-refractivity contribution is 0.0526. The standard InChI is InChI=1S/C25H20ClFN4O3/c1-2-33-25(32)20-13-28-23(16-3-7-17(26)8-4-16)29-24(20)31-12-11-19-21(14-31)30-34-22(19)15-5-9-18(27)10-6-15/h3-10,13H,2,11-12,14H2,1H3. The molecule has 0 N–H and O–H groups in total. The van der Waals surface area contributed by atoms with Gasteiger partial charge < -0.3 is 14.2 Å². The molecular formula is C25H20ClFN4O3. The molecule has 0 radical (unpaired) electrons. The van der Waals surface area contributed by atoms with Crippen LogP contribution in [0.25, 0.3) is 22.7 Å². The van der Waals surface area contributed by atoms with Crippen LogP contribution in [0.1, 0.15) is 28.5 Å². The number of anilines is 1. The maximum absolute atomic E-state index is 13.3. The van der Waals surface area contributed by atoms with Crippen molar-refractivity contribution in [3.05, 3.63) is 82.4 Å². The molecule has 3 heterocycles. The third-order valence-corrected chi connectivity index (χ3v) is 5.87. The average molecular weight is 479 g/mol. The maximum atomic E-state index is 13.3. The third kappa shape index (κ3) is 4.24. The van der Waals surface area contributed by atoms with Crippen LogP contribution in [0, 0.1) is 5.82 Å². The molecule has 5 rings (SSSR count). The van der Waals surface area contributed by atoms with Gasteiger partial charge in [0, 0.05) is 34.5 Å². The Bertz CT molecular complexity index is 1340. The van der Waals surface area contributed by atoms with Gasteiger partial charge in [-0.15, -0.1) is 0 Å². The molecule has 172 valence electrons. The molecule has 0 spiro atoms. The monoisotopic (exact) mass is 478 g/mol. The molecular weight excluding hydrogens is 459 g/mol. The molecule has 34 heavy (non-hydrogen) atoms. The highest BCUT2D eigenvalue weighted by atomic mass is 35.5. The molecule has 0 unspecified atom stereocenters. The predicted molar refractivity (Wildman–Crippen MR) is 125 cm³/mol. The largest absolute Gasteiger partial charge is 0.462 e. The van der Waals surface area contributed by atoms with Crippen LogP contribution in [0.2, 0.25) is 5.02 Å². The lowest BCUT2D eigenvalue weighted by Gasteiger charge is -2.28. The lowest BCUT2D eigenvalue weighted by Crippen LogP contribution is -2.32. The summed E-state index contributed by atoms with van der Waals surface area (Å²) in [5.74, 6) is 0.769. The third-order valence-electron chi connectivity index (χ3n) is 5.61. The van der Waals surface area contributed by atoms with Gasteiger partial charge in [-0.3, -0.25) is 0 Å². The molecule has 0 saturated heterocycles. The van der Waals surface area contributed by atoms with Gasteiger partial charge in [0.05, 0.1) is 13.2 Å². The van der Waals surface area contributed by atoms with Crippen molar-refractivity contribution >= 4 is 23.4 Å². The maximum Gasteiger partial charge on any atom is 0.343 e. The molecule has 0 saturated carbocycles. The molecule has 7 nitrogen and oxygen atoms in total. The number of ether oxygens (including phenoxy) is 1. The van der Waals surface area contributed by atoms with Crippen LogP contribution in [-0.4, -0.2) is 34.2 Å². The van der Waals surface area contributed by atoms with Crippen molar-refractivity contribution in [3.8, 4) is 22.7 Å². The van der Waals surface area contributed by atoms with Crippen LogP contribution in [0.5, 0.6) is 0 Å². The van der Waals surface area contributed by atoms with Gasteiger partial charge in [0.25, 0.3) is 0 Å². The molecule has 0 aliphatic carbocycles. The summed E-state index contributed by atoms with van der Waals surface area (Å²) >= 11 is 6.01. The number of halogens is 2. The van der Waals surface area contributed by atoms with Crippen LogP contribution >= 0.6 is 11.6 Å². The molecule has 1 aliphatic heterocycles. The minimum atomic E-state index is -0.488. The zero-order valence-electron chi connectivity index (χ0n) is 18.3. The number of fused-ring (bicyclic) bond motifs is 1. The molecule has 0 atom stereocenters. The van der Waals surface area contributed by atoms with E-state index in [1.807, 2.05) is 17.0 Å². The van der Waals surface area contributed by atoms with E-state index in [1.165, 1.54) is 18.3 Å². The zero-order chi connectivity index (χ0) is 23.7. The number of rotatable bonds is 5. The van der Waals surface area contributed by atoms with Crippen LogP contribution < -0.4 is 4.90 Å². The summed E-state index contributed by atoms with van der Waals surface area (Å²) in [5, 5.41) is 4.86. The first-order valence-corrected chi connectivity index (χ1v) is 11.2. The van der Waals surface area contributed by atoms with Crippen molar-refractivity contribution in [1.29, 1.82) is 0 Å². The van der Waals surface area contributed by atoms with Crippen molar-refractivity contribution in [2.75, 3.05) is 18.1 Å². The molecule has 9 heteroatoms. The van der Waals surface area contributed by atoms with E-state index in [4.69, 9.17) is 25.8 Å². The van der Waals surface area contributed by atoms with Gasteiger partial charge in [0.2, 0.25) is 0 Å². The summed E-state index contributed by atoms with van der Waals surface area (Å²) in [4.78, 5) is 23.7. The van der Waals surface area contributed by atoms with E-state index in [0.717, 1.165) is 22.4 Å². The minimum absolute atomic E-state index is 0.242. The highest BCUT2D eigenvalue weighted by Gasteiger charge is 2.29. The van der Waals surface area contributed by atoms with Crippen molar-refractivity contribution in [2.24, 2.45) is 0 Å². The number of nitrogens with zero attached hydrogens (tertiary/aromatic N) is 4. The van der Waals surface area contributed by atoms with E-state index in [0.29, 0.717) is 41.9 Å². The number of hydrogen-bond donors (Lipinski definition) is 0. The Hall–Kier alpha value is -3.78. The van der Waals surface area contributed by atoms with E-state index >= 15 is 0 Å². The average Bonchev–Trinajstić information content (AvgIpc) is 3.28. The Morgan fingerprint density at radius 2 is 1.88 bits per heavy atom. The minimum Gasteiger partial charge on any atom is -0.462 e. The number of benzene rings is 2. The summed E-state index contributed by atoms with van der Waals surface area (Å²) in [5.41, 5.74) is 3.53. The van der Waals surface area contributed by atoms with E-state index in [1.54, 1.807) is 31.2 Å². The first-order valence-electron chi connectivity index (χ1n) is 10.8. The number of aromatic nitrogens is 3. The molecule has 0 amide bonds. The van der Waals surface area contributed by atoms with Crippen molar-refractivity contribution in [1.82, 2.24) is 15.1 Å². The molecule has 0 bridgehead atoms. The summed E-state index contributed by atoms with van der Waals surface area (Å²) in [6.07, 6.45) is 2.11. The van der Waals surface area contributed by atoms with Gasteiger partial charge in [-0.25, -0.2) is 19.2 Å².